The van der Waals surface area contributed by atoms with Crippen LogP contribution in [0.25, 0.3) is 12.2 Å². The molecule has 2 heterocycles. The van der Waals surface area contributed by atoms with Gasteiger partial charge in [0.25, 0.3) is 5.89 Å². The lowest BCUT2D eigenvalue weighted by atomic mass is 10.1. The van der Waals surface area contributed by atoms with Crippen LogP contribution in [0.4, 0.5) is 5.69 Å². The summed E-state index contributed by atoms with van der Waals surface area (Å²) in [6.07, 6.45) is 8.12. The van der Waals surface area contributed by atoms with Crippen molar-refractivity contribution >= 4 is 17.8 Å². The Morgan fingerprint density at radius 3 is 2.81 bits per heavy atom. The van der Waals surface area contributed by atoms with Gasteiger partial charge in [0, 0.05) is 24.8 Å². The molecule has 1 aromatic heterocycles. The molecule has 5 heteroatoms. The Hall–Kier alpha value is -2.14. The van der Waals surface area contributed by atoms with Gasteiger partial charge < -0.3 is 15.0 Å². The van der Waals surface area contributed by atoms with Crippen LogP contribution < -0.4 is 5.73 Å². The van der Waals surface area contributed by atoms with Gasteiger partial charge in [-0.1, -0.05) is 17.3 Å². The highest BCUT2D eigenvalue weighted by molar-refractivity contribution is 5.66. The van der Waals surface area contributed by atoms with Crippen LogP contribution in [0.5, 0.6) is 0 Å². The number of hydrogen-bond donors (Lipinski definition) is 1. The lowest BCUT2D eigenvalue weighted by Gasteiger charge is -2.20. The molecule has 110 valence electrons. The van der Waals surface area contributed by atoms with Crippen molar-refractivity contribution in [1.29, 1.82) is 0 Å². The van der Waals surface area contributed by atoms with Crippen LogP contribution in [0.1, 0.15) is 36.5 Å². The van der Waals surface area contributed by atoms with Crippen molar-refractivity contribution in [3.05, 3.63) is 41.5 Å². The molecule has 1 aliphatic rings. The van der Waals surface area contributed by atoms with Gasteiger partial charge in [-0.05, 0) is 43.0 Å². The normalized spacial score (nSPS) is 19.1. The molecule has 1 aliphatic heterocycles. The zero-order valence-corrected chi connectivity index (χ0v) is 11.9. The summed E-state index contributed by atoms with van der Waals surface area (Å²) in [5.74, 6) is 1.22. The zero-order valence-electron chi connectivity index (χ0n) is 11.9. The number of aromatic nitrogens is 2. The van der Waals surface area contributed by atoms with E-state index in [-0.39, 0.29) is 6.10 Å². The smallest absolute Gasteiger partial charge is 0.250 e. The van der Waals surface area contributed by atoms with Gasteiger partial charge in [0.05, 0.1) is 6.10 Å². The third kappa shape index (κ3) is 3.92. The topological polar surface area (TPSA) is 74.2 Å². The zero-order chi connectivity index (χ0) is 14.5. The van der Waals surface area contributed by atoms with Gasteiger partial charge in [0.1, 0.15) is 0 Å². The van der Waals surface area contributed by atoms with Gasteiger partial charge in [-0.15, -0.1) is 0 Å². The molecular formula is C16H19N3O2. The number of nitrogens with zero attached hydrogens (tertiary/aromatic N) is 2. The summed E-state index contributed by atoms with van der Waals surface area (Å²) in [5.41, 5.74) is 7.44. The fourth-order valence-electron chi connectivity index (χ4n) is 2.36. The molecule has 5 nitrogen and oxygen atoms in total. The van der Waals surface area contributed by atoms with E-state index < -0.39 is 0 Å². The number of anilines is 1. The lowest BCUT2D eigenvalue weighted by Crippen LogP contribution is -2.21. The summed E-state index contributed by atoms with van der Waals surface area (Å²) in [6, 6.07) is 7.61. The quantitative estimate of drug-likeness (QED) is 0.874. The summed E-state index contributed by atoms with van der Waals surface area (Å²) in [5, 5.41) is 4.00. The summed E-state index contributed by atoms with van der Waals surface area (Å²) < 4.78 is 10.9. The van der Waals surface area contributed by atoms with Crippen molar-refractivity contribution in [3.8, 4) is 0 Å². The van der Waals surface area contributed by atoms with Gasteiger partial charge in [-0.3, -0.25) is 0 Å². The van der Waals surface area contributed by atoms with Crippen LogP contribution in [0.15, 0.2) is 28.8 Å². The molecule has 1 fully saturated rings. The lowest BCUT2D eigenvalue weighted by molar-refractivity contribution is 0.0153. The van der Waals surface area contributed by atoms with Crippen LogP contribution in [0.2, 0.25) is 0 Å². The van der Waals surface area contributed by atoms with Gasteiger partial charge in [0.2, 0.25) is 0 Å². The Morgan fingerprint density at radius 1 is 1.19 bits per heavy atom. The van der Waals surface area contributed by atoms with Crippen molar-refractivity contribution in [2.45, 2.75) is 31.8 Å². The third-order valence-electron chi connectivity index (χ3n) is 3.52. The van der Waals surface area contributed by atoms with Crippen molar-refractivity contribution in [3.63, 3.8) is 0 Å². The first kappa shape index (κ1) is 13.8. The first-order valence-corrected chi connectivity index (χ1v) is 7.27. The molecular weight excluding hydrogens is 266 g/mol. The van der Waals surface area contributed by atoms with E-state index in [1.165, 1.54) is 6.42 Å². The molecule has 1 atom stereocenters. The first-order valence-electron chi connectivity index (χ1n) is 7.27. The summed E-state index contributed by atoms with van der Waals surface area (Å²) in [7, 11) is 0. The molecule has 0 saturated carbocycles. The Labute approximate surface area is 123 Å². The number of nitrogens with two attached hydrogens (primary N) is 1. The van der Waals surface area contributed by atoms with Crippen LogP contribution in [-0.2, 0) is 11.2 Å². The number of rotatable bonds is 4. The van der Waals surface area contributed by atoms with E-state index >= 15 is 0 Å². The minimum atomic E-state index is 0.227. The van der Waals surface area contributed by atoms with Crippen LogP contribution in [-0.4, -0.2) is 22.9 Å². The van der Waals surface area contributed by atoms with E-state index in [4.69, 9.17) is 15.0 Å². The average Bonchev–Trinajstić information content (AvgIpc) is 2.95. The molecule has 0 aliphatic carbocycles. The van der Waals surface area contributed by atoms with Crippen molar-refractivity contribution < 1.29 is 9.26 Å². The summed E-state index contributed by atoms with van der Waals surface area (Å²) in [6.45, 7) is 0.840. The molecule has 2 N–H and O–H groups in total. The van der Waals surface area contributed by atoms with Crippen LogP contribution in [0, 0.1) is 0 Å². The fraction of sp³-hybridized carbons (Fsp3) is 0.375. The first-order chi connectivity index (χ1) is 10.3. The number of nitrogen functional groups attached to an aromatic ring is 1. The molecule has 0 radical (unpaired) electrons. The highest BCUT2D eigenvalue weighted by Crippen LogP contribution is 2.16. The maximum atomic E-state index is 5.68. The van der Waals surface area contributed by atoms with Gasteiger partial charge in [-0.2, -0.15) is 4.98 Å². The standard InChI is InChI=1S/C16H19N3O2/c17-13-7-4-12(5-8-13)6-9-16-18-15(19-21-16)11-14-3-1-2-10-20-14/h4-9,14H,1-3,10-11,17H2/b9-6+. The largest absolute Gasteiger partial charge is 0.399 e. The average molecular weight is 285 g/mol. The number of hydrogen-bond acceptors (Lipinski definition) is 5. The Bertz CT molecular complexity index is 598. The third-order valence-corrected chi connectivity index (χ3v) is 3.52. The van der Waals surface area contributed by atoms with Gasteiger partial charge in [0.15, 0.2) is 5.82 Å². The fourth-order valence-corrected chi connectivity index (χ4v) is 2.36. The highest BCUT2D eigenvalue weighted by Gasteiger charge is 2.17. The number of ether oxygens (including phenoxy) is 1. The van der Waals surface area contributed by atoms with Crippen LogP contribution in [0.3, 0.4) is 0 Å². The molecule has 0 amide bonds. The Balaban J connectivity index is 1.60. The van der Waals surface area contributed by atoms with E-state index in [2.05, 4.69) is 10.1 Å². The second-order valence-corrected chi connectivity index (χ2v) is 5.24. The molecule has 0 spiro atoms. The predicted molar refractivity (Wildman–Crippen MR) is 81.4 cm³/mol. The van der Waals surface area contributed by atoms with Gasteiger partial charge >= 0.3 is 0 Å². The minimum Gasteiger partial charge on any atom is -0.399 e. The predicted octanol–water partition coefficient (Wildman–Crippen LogP) is 2.93. The Morgan fingerprint density at radius 2 is 2.05 bits per heavy atom. The SMILES string of the molecule is Nc1ccc(/C=C/c2nc(CC3CCCCO3)no2)cc1. The van der Waals surface area contributed by atoms with Gasteiger partial charge in [-0.25, -0.2) is 0 Å². The second-order valence-electron chi connectivity index (χ2n) is 5.24. The monoisotopic (exact) mass is 285 g/mol. The van der Waals surface area contributed by atoms with E-state index in [0.29, 0.717) is 11.7 Å². The van der Waals surface area contributed by atoms with Crippen molar-refractivity contribution in [1.82, 2.24) is 10.1 Å². The maximum Gasteiger partial charge on any atom is 0.250 e. The molecule has 21 heavy (non-hydrogen) atoms. The Kier molecular flexibility index (Phi) is 4.31. The number of benzene rings is 1. The van der Waals surface area contributed by atoms with E-state index in [1.54, 1.807) is 0 Å². The molecule has 0 bridgehead atoms. The molecule has 2 aromatic rings. The minimum absolute atomic E-state index is 0.227. The van der Waals surface area contributed by atoms with E-state index in [9.17, 15) is 0 Å². The highest BCUT2D eigenvalue weighted by atomic mass is 16.5. The molecule has 1 saturated heterocycles. The molecule has 1 aromatic carbocycles. The summed E-state index contributed by atoms with van der Waals surface area (Å²) >= 11 is 0. The van der Waals surface area contributed by atoms with E-state index in [1.807, 2.05) is 36.4 Å². The van der Waals surface area contributed by atoms with Crippen LogP contribution >= 0.6 is 0 Å². The second kappa shape index (κ2) is 6.54. The summed E-state index contributed by atoms with van der Waals surface area (Å²) in [4.78, 5) is 4.37. The molecule has 1 unspecified atom stereocenters. The maximum absolute atomic E-state index is 5.68. The van der Waals surface area contributed by atoms with Crippen molar-refractivity contribution in [2.24, 2.45) is 0 Å². The van der Waals surface area contributed by atoms with Crippen molar-refractivity contribution in [2.75, 3.05) is 12.3 Å². The van der Waals surface area contributed by atoms with E-state index in [0.717, 1.165) is 37.1 Å². The molecule has 3 rings (SSSR count).